The molecule has 1 aromatic rings. The summed E-state index contributed by atoms with van der Waals surface area (Å²) in [5.74, 6) is -0.0917. The van der Waals surface area contributed by atoms with Gasteiger partial charge in [-0.2, -0.15) is 0 Å². The van der Waals surface area contributed by atoms with Crippen LogP contribution in [0, 0.1) is 11.7 Å². The molecule has 24 heavy (non-hydrogen) atoms. The fourth-order valence-electron chi connectivity index (χ4n) is 1.71. The number of rotatable bonds is 13. The second kappa shape index (κ2) is 12.1. The van der Waals surface area contributed by atoms with Gasteiger partial charge in [0, 0.05) is 37.1 Å². The molecule has 0 aliphatic rings. The molecule has 0 fully saturated rings. The number of carbonyl (C=O) groups excluding carboxylic acids is 1. The minimum Gasteiger partial charge on any atom is -0.488 e. The molecule has 0 heterocycles. The first kappa shape index (κ1) is 20.7. The Labute approximate surface area is 147 Å². The van der Waals surface area contributed by atoms with E-state index in [9.17, 15) is 9.18 Å². The summed E-state index contributed by atoms with van der Waals surface area (Å²) in [6.45, 7) is 5.48. The Bertz CT molecular complexity index is 499. The Morgan fingerprint density at radius 1 is 1.21 bits per heavy atom. The van der Waals surface area contributed by atoms with E-state index in [-0.39, 0.29) is 30.7 Å². The standard InChI is InChI=1S/C17H26FNO4S/c1-13(2)16(20)12-22-8-4-7-21-9-10-23-17-11-14(19-24-3)5-6-15(17)18/h5-6,11,13,19H,4,7-10,12H2,1-3H3. The van der Waals surface area contributed by atoms with Crippen molar-refractivity contribution < 1.29 is 23.4 Å². The van der Waals surface area contributed by atoms with Crippen LogP contribution in [0.1, 0.15) is 20.3 Å². The highest BCUT2D eigenvalue weighted by Gasteiger charge is 2.06. The smallest absolute Gasteiger partial charge is 0.165 e. The highest BCUT2D eigenvalue weighted by atomic mass is 32.2. The topological polar surface area (TPSA) is 56.8 Å². The Balaban J connectivity index is 2.08. The first-order valence-corrected chi connectivity index (χ1v) is 9.16. The molecule has 0 bridgehead atoms. The molecular formula is C17H26FNO4S. The summed E-state index contributed by atoms with van der Waals surface area (Å²) in [6, 6.07) is 4.63. The van der Waals surface area contributed by atoms with Crippen LogP contribution in [-0.4, -0.2) is 45.1 Å². The van der Waals surface area contributed by atoms with Crippen LogP contribution in [0.3, 0.4) is 0 Å². The normalized spacial score (nSPS) is 10.9. The van der Waals surface area contributed by atoms with E-state index in [1.54, 1.807) is 12.1 Å². The quantitative estimate of drug-likeness (QED) is 0.429. The average Bonchev–Trinajstić information content (AvgIpc) is 2.55. The van der Waals surface area contributed by atoms with Crippen LogP contribution in [-0.2, 0) is 14.3 Å². The van der Waals surface area contributed by atoms with Crippen LogP contribution in [0.4, 0.5) is 10.1 Å². The van der Waals surface area contributed by atoms with Gasteiger partial charge in [0.05, 0.1) is 6.61 Å². The summed E-state index contributed by atoms with van der Waals surface area (Å²) >= 11 is 1.43. The van der Waals surface area contributed by atoms with Crippen LogP contribution < -0.4 is 9.46 Å². The van der Waals surface area contributed by atoms with Gasteiger partial charge in [-0.25, -0.2) is 4.39 Å². The molecule has 5 nitrogen and oxygen atoms in total. The molecule has 7 heteroatoms. The van der Waals surface area contributed by atoms with Gasteiger partial charge in [0.25, 0.3) is 0 Å². The number of hydrogen-bond donors (Lipinski definition) is 1. The Morgan fingerprint density at radius 2 is 1.96 bits per heavy atom. The molecule has 0 saturated carbocycles. The number of ketones is 1. The van der Waals surface area contributed by atoms with Gasteiger partial charge >= 0.3 is 0 Å². The summed E-state index contributed by atoms with van der Waals surface area (Å²) in [6.07, 6.45) is 2.59. The van der Waals surface area contributed by atoms with E-state index < -0.39 is 5.82 Å². The van der Waals surface area contributed by atoms with E-state index in [0.29, 0.717) is 26.2 Å². The number of nitrogens with one attached hydrogen (secondary N) is 1. The van der Waals surface area contributed by atoms with E-state index >= 15 is 0 Å². The van der Waals surface area contributed by atoms with Gasteiger partial charge < -0.3 is 18.9 Å². The molecular weight excluding hydrogens is 333 g/mol. The third kappa shape index (κ3) is 8.52. The molecule has 0 radical (unpaired) electrons. The molecule has 1 N–H and O–H groups in total. The first-order valence-electron chi connectivity index (χ1n) is 7.94. The van der Waals surface area contributed by atoms with Gasteiger partial charge in [-0.1, -0.05) is 25.8 Å². The fourth-order valence-corrected chi connectivity index (χ4v) is 2.07. The maximum absolute atomic E-state index is 13.6. The van der Waals surface area contributed by atoms with Crippen LogP contribution >= 0.6 is 11.9 Å². The molecule has 0 amide bonds. The van der Waals surface area contributed by atoms with Crippen LogP contribution in [0.15, 0.2) is 18.2 Å². The second-order valence-corrected chi connectivity index (χ2v) is 6.05. The predicted octanol–water partition coefficient (Wildman–Crippen LogP) is 3.54. The van der Waals surface area contributed by atoms with E-state index in [4.69, 9.17) is 14.2 Å². The van der Waals surface area contributed by atoms with Gasteiger partial charge in [-0.15, -0.1) is 0 Å². The predicted molar refractivity (Wildman–Crippen MR) is 95.1 cm³/mol. The molecule has 1 aromatic carbocycles. The fraction of sp³-hybridized carbons (Fsp3) is 0.588. The average molecular weight is 359 g/mol. The Hall–Kier alpha value is -1.31. The lowest BCUT2D eigenvalue weighted by Crippen LogP contribution is -2.16. The van der Waals surface area contributed by atoms with Gasteiger partial charge in [0.1, 0.15) is 13.2 Å². The summed E-state index contributed by atoms with van der Waals surface area (Å²) in [5.41, 5.74) is 0.785. The van der Waals surface area contributed by atoms with Crippen molar-refractivity contribution in [2.45, 2.75) is 20.3 Å². The molecule has 0 unspecified atom stereocenters. The monoisotopic (exact) mass is 359 g/mol. The van der Waals surface area contributed by atoms with Gasteiger partial charge in [-0.3, -0.25) is 4.79 Å². The van der Waals surface area contributed by atoms with E-state index in [1.807, 2.05) is 20.1 Å². The second-order valence-electron chi connectivity index (χ2n) is 5.44. The lowest BCUT2D eigenvalue weighted by Gasteiger charge is -2.10. The highest BCUT2D eigenvalue weighted by molar-refractivity contribution is 7.99. The van der Waals surface area contributed by atoms with E-state index in [2.05, 4.69) is 4.72 Å². The van der Waals surface area contributed by atoms with Crippen molar-refractivity contribution in [2.24, 2.45) is 5.92 Å². The maximum Gasteiger partial charge on any atom is 0.165 e. The van der Waals surface area contributed by atoms with Crippen LogP contribution in [0.25, 0.3) is 0 Å². The summed E-state index contributed by atoms with van der Waals surface area (Å²) in [4.78, 5) is 11.3. The zero-order valence-electron chi connectivity index (χ0n) is 14.5. The zero-order valence-corrected chi connectivity index (χ0v) is 15.3. The molecule has 0 aliphatic heterocycles. The van der Waals surface area contributed by atoms with Gasteiger partial charge in [0.2, 0.25) is 0 Å². The summed E-state index contributed by atoms with van der Waals surface area (Å²) < 4.78 is 32.7. The molecule has 0 atom stereocenters. The number of benzene rings is 1. The van der Waals surface area contributed by atoms with Crippen molar-refractivity contribution in [3.05, 3.63) is 24.0 Å². The lowest BCUT2D eigenvalue weighted by atomic mass is 10.1. The molecule has 0 saturated heterocycles. The number of carbonyl (C=O) groups is 1. The number of hydrogen-bond acceptors (Lipinski definition) is 6. The lowest BCUT2D eigenvalue weighted by molar-refractivity contribution is -0.126. The van der Waals surface area contributed by atoms with Gasteiger partial charge in [-0.05, 0) is 18.6 Å². The molecule has 0 aliphatic carbocycles. The number of Topliss-reactive ketones (excluding diaryl/α,β-unsaturated/α-hetero) is 1. The van der Waals surface area contributed by atoms with Crippen molar-refractivity contribution in [1.29, 1.82) is 0 Å². The Morgan fingerprint density at radius 3 is 2.67 bits per heavy atom. The van der Waals surface area contributed by atoms with Crippen molar-refractivity contribution in [3.63, 3.8) is 0 Å². The molecule has 0 spiro atoms. The third-order valence-electron chi connectivity index (χ3n) is 3.10. The van der Waals surface area contributed by atoms with Crippen molar-refractivity contribution >= 4 is 23.4 Å². The maximum atomic E-state index is 13.6. The number of halogens is 1. The molecule has 1 rings (SSSR count). The molecule has 0 aromatic heterocycles. The van der Waals surface area contributed by atoms with Crippen molar-refractivity contribution in [3.8, 4) is 5.75 Å². The zero-order chi connectivity index (χ0) is 17.8. The van der Waals surface area contributed by atoms with E-state index in [1.165, 1.54) is 18.0 Å². The van der Waals surface area contributed by atoms with Crippen LogP contribution in [0.2, 0.25) is 0 Å². The van der Waals surface area contributed by atoms with E-state index in [0.717, 1.165) is 5.69 Å². The minimum absolute atomic E-state index is 0.00316. The first-order chi connectivity index (χ1) is 11.5. The highest BCUT2D eigenvalue weighted by Crippen LogP contribution is 2.23. The summed E-state index contributed by atoms with van der Waals surface area (Å²) in [7, 11) is 0. The number of anilines is 1. The summed E-state index contributed by atoms with van der Waals surface area (Å²) in [5, 5.41) is 0. The van der Waals surface area contributed by atoms with Crippen molar-refractivity contribution in [2.75, 3.05) is 44.0 Å². The number of ether oxygens (including phenoxy) is 3. The van der Waals surface area contributed by atoms with Crippen molar-refractivity contribution in [1.82, 2.24) is 0 Å². The minimum atomic E-state index is -0.398. The van der Waals surface area contributed by atoms with Gasteiger partial charge in [0.15, 0.2) is 17.3 Å². The SMILES string of the molecule is CSNc1ccc(F)c(OCCOCCCOCC(=O)C(C)C)c1. The van der Waals surface area contributed by atoms with Crippen LogP contribution in [0.5, 0.6) is 5.75 Å². The Kier molecular flexibility index (Phi) is 10.5. The molecule has 136 valence electrons. The largest absolute Gasteiger partial charge is 0.488 e. The third-order valence-corrected chi connectivity index (χ3v) is 3.54.